The van der Waals surface area contributed by atoms with Crippen LogP contribution in [0, 0.1) is 22.7 Å². The second kappa shape index (κ2) is 3.83. The Morgan fingerprint density at radius 3 is 1.19 bits per heavy atom. The van der Waals surface area contributed by atoms with Gasteiger partial charge in [0.25, 0.3) is 0 Å². The number of carbonyl (C=O) groups is 2. The first-order valence-electron chi connectivity index (χ1n) is 5.81. The lowest BCUT2D eigenvalue weighted by Crippen LogP contribution is -2.42. The molecule has 1 rings (SSSR count). The minimum Gasteiger partial charge on any atom is -0.290 e. The molecule has 0 aromatic rings. The Morgan fingerprint density at radius 1 is 0.750 bits per heavy atom. The highest BCUT2D eigenvalue weighted by molar-refractivity contribution is 6.40. The Balaban J connectivity index is 3.07. The van der Waals surface area contributed by atoms with Crippen LogP contribution in [-0.2, 0) is 9.59 Å². The summed E-state index contributed by atoms with van der Waals surface area (Å²) < 4.78 is 0. The highest BCUT2D eigenvalue weighted by atomic mass is 16.2. The number of Topliss-reactive ketones (excluding diaryl/α,β-unsaturated/α-hetero) is 2. The van der Waals surface area contributed by atoms with Crippen molar-refractivity contribution in [3.8, 4) is 0 Å². The summed E-state index contributed by atoms with van der Waals surface area (Å²) in [4.78, 5) is 24.1. The zero-order valence-electron chi connectivity index (χ0n) is 11.1. The normalized spacial score (nSPS) is 27.4. The third-order valence-electron chi connectivity index (χ3n) is 3.17. The molecule has 0 N–H and O–H groups in total. The zero-order valence-corrected chi connectivity index (χ0v) is 11.1. The molecule has 90 valence electrons. The van der Waals surface area contributed by atoms with Gasteiger partial charge in [0.05, 0.1) is 0 Å². The van der Waals surface area contributed by atoms with Crippen molar-refractivity contribution in [2.75, 3.05) is 0 Å². The van der Waals surface area contributed by atoms with Crippen LogP contribution in [0.3, 0.4) is 0 Å². The average molecular weight is 222 g/mol. The Labute approximate surface area is 98.1 Å². The van der Waals surface area contributed by atoms with E-state index in [1.807, 2.05) is 53.7 Å². The molecule has 2 nitrogen and oxygen atoms in total. The third kappa shape index (κ3) is 2.42. The maximum absolute atomic E-state index is 12.0. The highest BCUT2D eigenvalue weighted by Crippen LogP contribution is 2.37. The molecule has 0 saturated carbocycles. The van der Waals surface area contributed by atoms with E-state index in [0.717, 1.165) is 0 Å². The summed E-state index contributed by atoms with van der Waals surface area (Å²) in [6, 6.07) is 0. The fraction of sp³-hybridized carbons (Fsp3) is 0.714. The summed E-state index contributed by atoms with van der Waals surface area (Å²) in [6.07, 6.45) is 3.83. The first-order valence-corrected chi connectivity index (χ1v) is 5.81. The molecule has 2 heteroatoms. The van der Waals surface area contributed by atoms with Crippen molar-refractivity contribution in [2.24, 2.45) is 22.7 Å². The summed E-state index contributed by atoms with van der Waals surface area (Å²) in [5.41, 5.74) is -0.349. The predicted molar refractivity (Wildman–Crippen MR) is 65.0 cm³/mol. The molecule has 0 aromatic heterocycles. The van der Waals surface area contributed by atoms with Crippen LogP contribution in [0.5, 0.6) is 0 Å². The van der Waals surface area contributed by atoms with Gasteiger partial charge in [0, 0.05) is 11.8 Å². The molecule has 0 amide bonds. The fourth-order valence-corrected chi connectivity index (χ4v) is 2.07. The van der Waals surface area contributed by atoms with Gasteiger partial charge in [0.15, 0.2) is 0 Å². The van der Waals surface area contributed by atoms with Gasteiger partial charge in [-0.2, -0.15) is 0 Å². The van der Waals surface area contributed by atoms with Crippen molar-refractivity contribution < 1.29 is 9.59 Å². The zero-order chi connectivity index (χ0) is 12.7. The Hall–Kier alpha value is -0.920. The van der Waals surface area contributed by atoms with Gasteiger partial charge in [-0.3, -0.25) is 9.59 Å². The van der Waals surface area contributed by atoms with Crippen LogP contribution in [0.4, 0.5) is 0 Å². The van der Waals surface area contributed by atoms with E-state index in [1.165, 1.54) is 0 Å². The van der Waals surface area contributed by atoms with Gasteiger partial charge in [-0.1, -0.05) is 53.7 Å². The van der Waals surface area contributed by atoms with E-state index in [2.05, 4.69) is 0 Å². The van der Waals surface area contributed by atoms with E-state index in [4.69, 9.17) is 0 Å². The maximum Gasteiger partial charge on any atom is 0.206 e. The standard InChI is InChI=1S/C14H22O2/c1-13(2,3)9-7-8-10(14(4,5)6)12(16)11(9)15/h7-10H,1-6H3. The molecule has 2 atom stereocenters. The SMILES string of the molecule is CC(C)(C)C1C=CC(C(C)(C)C)C(=O)C1=O. The number of carbonyl (C=O) groups excluding carboxylic acids is 2. The average Bonchev–Trinajstić information content (AvgIpc) is 2.05. The molecule has 0 heterocycles. The van der Waals surface area contributed by atoms with Crippen molar-refractivity contribution in [3.63, 3.8) is 0 Å². The molecule has 0 radical (unpaired) electrons. The summed E-state index contributed by atoms with van der Waals surface area (Å²) >= 11 is 0. The van der Waals surface area contributed by atoms with Gasteiger partial charge in [-0.05, 0) is 10.8 Å². The van der Waals surface area contributed by atoms with Crippen LogP contribution >= 0.6 is 0 Å². The second-order valence-electron chi connectivity index (χ2n) is 6.80. The van der Waals surface area contributed by atoms with Crippen molar-refractivity contribution >= 4 is 11.6 Å². The first-order chi connectivity index (χ1) is 7.05. The number of hydrogen-bond donors (Lipinski definition) is 0. The van der Waals surface area contributed by atoms with Gasteiger partial charge in [-0.15, -0.1) is 0 Å². The monoisotopic (exact) mass is 222 g/mol. The number of allylic oxidation sites excluding steroid dienone is 2. The smallest absolute Gasteiger partial charge is 0.206 e. The molecule has 0 spiro atoms. The van der Waals surface area contributed by atoms with E-state index in [-0.39, 0.29) is 34.2 Å². The van der Waals surface area contributed by atoms with Crippen LogP contribution < -0.4 is 0 Å². The van der Waals surface area contributed by atoms with Gasteiger partial charge in [0.1, 0.15) is 0 Å². The summed E-state index contributed by atoms with van der Waals surface area (Å²) in [6.45, 7) is 11.9. The van der Waals surface area contributed by atoms with Crippen LogP contribution in [-0.4, -0.2) is 11.6 Å². The summed E-state index contributed by atoms with van der Waals surface area (Å²) in [5.74, 6) is -0.984. The molecule has 0 aromatic carbocycles. The quantitative estimate of drug-likeness (QED) is 0.466. The number of rotatable bonds is 0. The lowest BCUT2D eigenvalue weighted by Gasteiger charge is -2.34. The van der Waals surface area contributed by atoms with E-state index < -0.39 is 0 Å². The summed E-state index contributed by atoms with van der Waals surface area (Å²) in [5, 5.41) is 0. The second-order valence-corrected chi connectivity index (χ2v) is 6.80. The summed E-state index contributed by atoms with van der Waals surface area (Å²) in [7, 11) is 0. The van der Waals surface area contributed by atoms with E-state index in [9.17, 15) is 9.59 Å². The Bertz CT molecular complexity index is 303. The number of hydrogen-bond acceptors (Lipinski definition) is 2. The molecule has 16 heavy (non-hydrogen) atoms. The van der Waals surface area contributed by atoms with Crippen LogP contribution in [0.15, 0.2) is 12.2 Å². The molecule has 2 unspecified atom stereocenters. The predicted octanol–water partition coefficient (Wildman–Crippen LogP) is 3.02. The van der Waals surface area contributed by atoms with Crippen molar-refractivity contribution in [1.29, 1.82) is 0 Å². The molecule has 0 aliphatic heterocycles. The van der Waals surface area contributed by atoms with Crippen molar-refractivity contribution in [2.45, 2.75) is 41.5 Å². The lowest BCUT2D eigenvalue weighted by atomic mass is 9.67. The van der Waals surface area contributed by atoms with Crippen molar-refractivity contribution in [3.05, 3.63) is 12.2 Å². The minimum absolute atomic E-state index is 0.175. The molecule has 0 saturated heterocycles. The topological polar surface area (TPSA) is 34.1 Å². The van der Waals surface area contributed by atoms with Crippen molar-refractivity contribution in [1.82, 2.24) is 0 Å². The largest absolute Gasteiger partial charge is 0.290 e. The first kappa shape index (κ1) is 13.1. The number of ketones is 2. The maximum atomic E-state index is 12.0. The Kier molecular flexibility index (Phi) is 3.15. The van der Waals surface area contributed by atoms with Gasteiger partial charge >= 0.3 is 0 Å². The highest BCUT2D eigenvalue weighted by Gasteiger charge is 2.42. The van der Waals surface area contributed by atoms with Gasteiger partial charge in [-0.25, -0.2) is 0 Å². The molecular weight excluding hydrogens is 200 g/mol. The molecular formula is C14H22O2. The van der Waals surface area contributed by atoms with E-state index >= 15 is 0 Å². The fourth-order valence-electron chi connectivity index (χ4n) is 2.07. The Morgan fingerprint density at radius 2 is 1.00 bits per heavy atom. The molecule has 0 bridgehead atoms. The van der Waals surface area contributed by atoms with E-state index in [0.29, 0.717) is 0 Å². The van der Waals surface area contributed by atoms with E-state index in [1.54, 1.807) is 0 Å². The van der Waals surface area contributed by atoms with Crippen LogP contribution in [0.2, 0.25) is 0 Å². The van der Waals surface area contributed by atoms with Crippen LogP contribution in [0.25, 0.3) is 0 Å². The van der Waals surface area contributed by atoms with Gasteiger partial charge < -0.3 is 0 Å². The molecule has 1 aliphatic rings. The minimum atomic E-state index is -0.265. The lowest BCUT2D eigenvalue weighted by molar-refractivity contribution is -0.143. The third-order valence-corrected chi connectivity index (χ3v) is 3.17. The van der Waals surface area contributed by atoms with Crippen LogP contribution in [0.1, 0.15) is 41.5 Å². The molecule has 0 fully saturated rings. The van der Waals surface area contributed by atoms with Gasteiger partial charge in [0.2, 0.25) is 11.6 Å². The molecule has 1 aliphatic carbocycles.